The van der Waals surface area contributed by atoms with Gasteiger partial charge in [-0.2, -0.15) is 5.10 Å². The summed E-state index contributed by atoms with van der Waals surface area (Å²) in [5.41, 5.74) is 3.17. The average Bonchev–Trinajstić information content (AvgIpc) is 3.12. The maximum atomic E-state index is 11.1. The van der Waals surface area contributed by atoms with Crippen molar-refractivity contribution in [3.63, 3.8) is 0 Å². The van der Waals surface area contributed by atoms with Gasteiger partial charge in [0.05, 0.1) is 24.7 Å². The summed E-state index contributed by atoms with van der Waals surface area (Å²) < 4.78 is 13.8. The number of carboxylic acids is 1. The van der Waals surface area contributed by atoms with Gasteiger partial charge >= 0.3 is 5.97 Å². The Bertz CT molecular complexity index is 1040. The molecule has 1 N–H and O–H groups in total. The third kappa shape index (κ3) is 4.58. The Morgan fingerprint density at radius 3 is 2.97 bits per heavy atom. The summed E-state index contributed by atoms with van der Waals surface area (Å²) >= 11 is 0. The van der Waals surface area contributed by atoms with Gasteiger partial charge in [-0.25, -0.2) is 0 Å². The molecule has 0 bridgehead atoms. The van der Waals surface area contributed by atoms with Crippen LogP contribution in [0.2, 0.25) is 0 Å². The van der Waals surface area contributed by atoms with E-state index in [-0.39, 0.29) is 12.3 Å². The van der Waals surface area contributed by atoms with Crippen molar-refractivity contribution in [2.24, 2.45) is 5.92 Å². The Kier molecular flexibility index (Phi) is 5.93. The van der Waals surface area contributed by atoms with E-state index in [0.717, 1.165) is 52.9 Å². The van der Waals surface area contributed by atoms with Gasteiger partial charge in [0, 0.05) is 23.9 Å². The average molecular weight is 408 g/mol. The number of carboxylic acid groups (broad SMARTS) is 1. The van der Waals surface area contributed by atoms with Crippen molar-refractivity contribution in [2.75, 3.05) is 6.61 Å². The standard InChI is InChI=1S/C24H28N2O4/c1-16(2)7-9-26-22-6-3-17(11-19(22)14-25-26)15-30-20-4-5-21-18(12-24(27)28)8-10-29-23(21)13-20/h3-6,11,13-14,16,18H,7-10,12,15H2,1-2H3,(H,27,28). The van der Waals surface area contributed by atoms with Crippen LogP contribution in [0.1, 0.15) is 50.2 Å². The van der Waals surface area contributed by atoms with Crippen molar-refractivity contribution < 1.29 is 19.4 Å². The molecular weight excluding hydrogens is 380 g/mol. The summed E-state index contributed by atoms with van der Waals surface area (Å²) in [5, 5.41) is 14.8. The normalized spacial score (nSPS) is 15.8. The number of aromatic nitrogens is 2. The van der Waals surface area contributed by atoms with Gasteiger partial charge in [-0.05, 0) is 48.1 Å². The fraction of sp³-hybridized carbons (Fsp3) is 0.417. The first-order valence-electron chi connectivity index (χ1n) is 10.6. The van der Waals surface area contributed by atoms with E-state index in [1.165, 1.54) is 0 Å². The van der Waals surface area contributed by atoms with Crippen molar-refractivity contribution in [3.8, 4) is 11.5 Å². The lowest BCUT2D eigenvalue weighted by Gasteiger charge is -2.25. The maximum Gasteiger partial charge on any atom is 0.303 e. The molecule has 0 amide bonds. The molecule has 0 spiro atoms. The Hall–Kier alpha value is -3.02. The number of hydrogen-bond acceptors (Lipinski definition) is 4. The van der Waals surface area contributed by atoms with Crippen LogP contribution in [0.4, 0.5) is 0 Å². The summed E-state index contributed by atoms with van der Waals surface area (Å²) in [6.45, 7) is 6.35. The van der Waals surface area contributed by atoms with E-state index in [1.807, 2.05) is 24.4 Å². The molecule has 158 valence electrons. The Morgan fingerprint density at radius 2 is 2.17 bits per heavy atom. The third-order valence-corrected chi connectivity index (χ3v) is 5.60. The molecule has 0 radical (unpaired) electrons. The van der Waals surface area contributed by atoms with E-state index < -0.39 is 5.97 Å². The van der Waals surface area contributed by atoms with E-state index in [2.05, 4.69) is 41.8 Å². The highest BCUT2D eigenvalue weighted by Crippen LogP contribution is 2.38. The predicted molar refractivity (Wildman–Crippen MR) is 115 cm³/mol. The van der Waals surface area contributed by atoms with Crippen LogP contribution in [0.5, 0.6) is 11.5 Å². The van der Waals surface area contributed by atoms with E-state index in [0.29, 0.717) is 19.1 Å². The van der Waals surface area contributed by atoms with E-state index in [4.69, 9.17) is 14.6 Å². The quantitative estimate of drug-likeness (QED) is 0.568. The van der Waals surface area contributed by atoms with Crippen LogP contribution in [0.25, 0.3) is 10.9 Å². The minimum absolute atomic E-state index is 0.00469. The van der Waals surface area contributed by atoms with E-state index in [1.54, 1.807) is 0 Å². The fourth-order valence-corrected chi connectivity index (χ4v) is 3.91. The zero-order valence-corrected chi connectivity index (χ0v) is 17.5. The second-order valence-corrected chi connectivity index (χ2v) is 8.36. The molecule has 0 saturated heterocycles. The number of ether oxygens (including phenoxy) is 2. The van der Waals surface area contributed by atoms with Gasteiger partial charge in [-0.15, -0.1) is 0 Å². The number of benzene rings is 2. The van der Waals surface area contributed by atoms with Gasteiger partial charge in [0.2, 0.25) is 0 Å². The molecule has 1 aliphatic rings. The molecule has 0 fully saturated rings. The lowest BCUT2D eigenvalue weighted by molar-refractivity contribution is -0.137. The van der Waals surface area contributed by atoms with E-state index in [9.17, 15) is 4.79 Å². The lowest BCUT2D eigenvalue weighted by atomic mass is 9.90. The van der Waals surface area contributed by atoms with E-state index >= 15 is 0 Å². The van der Waals surface area contributed by atoms with Gasteiger partial charge in [-0.1, -0.05) is 26.0 Å². The zero-order chi connectivity index (χ0) is 21.1. The topological polar surface area (TPSA) is 73.6 Å². The zero-order valence-electron chi connectivity index (χ0n) is 17.5. The molecule has 1 aliphatic heterocycles. The predicted octanol–water partition coefficient (Wildman–Crippen LogP) is 5.00. The van der Waals surface area contributed by atoms with Gasteiger partial charge in [0.1, 0.15) is 18.1 Å². The van der Waals surface area contributed by atoms with Crippen LogP contribution in [-0.4, -0.2) is 27.5 Å². The molecule has 1 unspecified atom stereocenters. The van der Waals surface area contributed by atoms with Gasteiger partial charge in [0.25, 0.3) is 0 Å². The van der Waals surface area contributed by atoms with Crippen molar-refractivity contribution in [1.82, 2.24) is 9.78 Å². The Balaban J connectivity index is 1.43. The van der Waals surface area contributed by atoms with Crippen molar-refractivity contribution in [3.05, 3.63) is 53.7 Å². The van der Waals surface area contributed by atoms with Crippen molar-refractivity contribution >= 4 is 16.9 Å². The van der Waals surface area contributed by atoms with Crippen molar-refractivity contribution in [1.29, 1.82) is 0 Å². The van der Waals surface area contributed by atoms with Crippen molar-refractivity contribution in [2.45, 2.75) is 52.2 Å². The fourth-order valence-electron chi connectivity index (χ4n) is 3.91. The molecule has 2 heterocycles. The molecule has 0 aliphatic carbocycles. The molecule has 6 heteroatoms. The lowest BCUT2D eigenvalue weighted by Crippen LogP contribution is -2.17. The summed E-state index contributed by atoms with van der Waals surface area (Å²) in [5.74, 6) is 1.31. The smallest absolute Gasteiger partial charge is 0.303 e. The van der Waals surface area contributed by atoms with Crippen LogP contribution < -0.4 is 9.47 Å². The molecule has 0 saturated carbocycles. The summed E-state index contributed by atoms with van der Waals surface area (Å²) in [4.78, 5) is 11.1. The van der Waals surface area contributed by atoms with Gasteiger partial charge in [0.15, 0.2) is 0 Å². The minimum Gasteiger partial charge on any atom is -0.493 e. The summed E-state index contributed by atoms with van der Waals surface area (Å²) in [6.07, 6.45) is 3.87. The molecule has 30 heavy (non-hydrogen) atoms. The Morgan fingerprint density at radius 1 is 1.30 bits per heavy atom. The van der Waals surface area contributed by atoms with Gasteiger partial charge < -0.3 is 14.6 Å². The summed E-state index contributed by atoms with van der Waals surface area (Å²) in [6, 6.07) is 12.0. The molecule has 2 aromatic carbocycles. The van der Waals surface area contributed by atoms with Gasteiger partial charge in [-0.3, -0.25) is 9.48 Å². The second kappa shape index (κ2) is 8.78. The van der Waals surface area contributed by atoms with Crippen LogP contribution in [0.15, 0.2) is 42.6 Å². The third-order valence-electron chi connectivity index (χ3n) is 5.60. The Labute approximate surface area is 176 Å². The molecule has 4 rings (SSSR count). The van der Waals surface area contributed by atoms with Crippen LogP contribution in [-0.2, 0) is 17.9 Å². The second-order valence-electron chi connectivity index (χ2n) is 8.36. The SMILES string of the molecule is CC(C)CCn1ncc2cc(COc3ccc4c(c3)OCCC4CC(=O)O)ccc21. The molecule has 6 nitrogen and oxygen atoms in total. The molecule has 3 aromatic rings. The monoisotopic (exact) mass is 408 g/mol. The number of carbonyl (C=O) groups is 1. The van der Waals surface area contributed by atoms with Crippen LogP contribution in [0, 0.1) is 5.92 Å². The van der Waals surface area contributed by atoms with Crippen LogP contribution >= 0.6 is 0 Å². The first-order valence-corrected chi connectivity index (χ1v) is 10.6. The molecule has 1 atom stereocenters. The number of aliphatic carboxylic acids is 1. The largest absolute Gasteiger partial charge is 0.493 e. The first-order chi connectivity index (χ1) is 14.5. The number of aryl methyl sites for hydroxylation is 1. The highest BCUT2D eigenvalue weighted by molar-refractivity contribution is 5.79. The van der Waals surface area contributed by atoms with Crippen LogP contribution in [0.3, 0.4) is 0 Å². The number of fused-ring (bicyclic) bond motifs is 2. The number of rotatable bonds is 8. The minimum atomic E-state index is -0.781. The highest BCUT2D eigenvalue weighted by Gasteiger charge is 2.24. The first kappa shape index (κ1) is 20.3. The number of nitrogens with zero attached hydrogens (tertiary/aromatic N) is 2. The molecular formula is C24H28N2O4. The number of hydrogen-bond donors (Lipinski definition) is 1. The highest BCUT2D eigenvalue weighted by atomic mass is 16.5. The maximum absolute atomic E-state index is 11.1. The molecule has 1 aromatic heterocycles. The summed E-state index contributed by atoms with van der Waals surface area (Å²) in [7, 11) is 0.